The van der Waals surface area contributed by atoms with E-state index in [1.807, 2.05) is 42.5 Å². The number of hydrogen-bond donors (Lipinski definition) is 3. The quantitative estimate of drug-likeness (QED) is 0.736. The molecule has 0 atom stereocenters. The third-order valence-corrected chi connectivity index (χ3v) is 4.13. The van der Waals surface area contributed by atoms with E-state index < -0.39 is 0 Å². The Bertz CT molecular complexity index is 711. The molecule has 0 bridgehead atoms. The van der Waals surface area contributed by atoms with Crippen molar-refractivity contribution >= 4 is 35.0 Å². The van der Waals surface area contributed by atoms with Gasteiger partial charge in [0.05, 0.1) is 13.0 Å². The van der Waals surface area contributed by atoms with Gasteiger partial charge in [0, 0.05) is 25.6 Å². The van der Waals surface area contributed by atoms with Crippen LogP contribution in [0.15, 0.2) is 42.5 Å². The molecule has 2 amide bonds. The summed E-state index contributed by atoms with van der Waals surface area (Å²) in [5.41, 5.74) is 0.974. The van der Waals surface area contributed by atoms with E-state index in [4.69, 9.17) is 0 Å². The van der Waals surface area contributed by atoms with Crippen molar-refractivity contribution in [1.29, 1.82) is 0 Å². The first-order valence-electron chi connectivity index (χ1n) is 7.93. The van der Waals surface area contributed by atoms with Gasteiger partial charge in [-0.05, 0) is 16.3 Å². The molecule has 0 aliphatic carbocycles. The predicted molar refractivity (Wildman–Crippen MR) is 97.3 cm³/mol. The van der Waals surface area contributed by atoms with Crippen LogP contribution in [0, 0.1) is 5.92 Å². The van der Waals surface area contributed by atoms with Crippen molar-refractivity contribution in [3.63, 3.8) is 0 Å². The molecule has 1 heterocycles. The number of rotatable bonds is 6. The fourth-order valence-electron chi connectivity index (χ4n) is 2.67. The van der Waals surface area contributed by atoms with Gasteiger partial charge < -0.3 is 16.0 Å². The summed E-state index contributed by atoms with van der Waals surface area (Å²) in [6.45, 7) is 2.61. The molecule has 5 nitrogen and oxygen atoms in total. The Morgan fingerprint density at radius 1 is 1.00 bits per heavy atom. The third kappa shape index (κ3) is 4.69. The lowest BCUT2D eigenvalue weighted by Gasteiger charge is -2.27. The van der Waals surface area contributed by atoms with E-state index in [1.54, 1.807) is 0 Å². The molecular formula is C18H22ClN3O2. The van der Waals surface area contributed by atoms with E-state index in [1.165, 1.54) is 0 Å². The van der Waals surface area contributed by atoms with Crippen molar-refractivity contribution in [3.8, 4) is 0 Å². The van der Waals surface area contributed by atoms with Crippen molar-refractivity contribution in [3.05, 3.63) is 48.0 Å². The lowest BCUT2D eigenvalue weighted by molar-refractivity contribution is -0.125. The average molecular weight is 348 g/mol. The average Bonchev–Trinajstić information content (AvgIpc) is 2.52. The Morgan fingerprint density at radius 2 is 1.75 bits per heavy atom. The number of halogens is 1. The lowest BCUT2D eigenvalue weighted by Crippen LogP contribution is -2.49. The van der Waals surface area contributed by atoms with Gasteiger partial charge in [0.2, 0.25) is 11.8 Å². The molecule has 0 unspecified atom stereocenters. The maximum Gasteiger partial charge on any atom is 0.239 e. The van der Waals surface area contributed by atoms with Crippen molar-refractivity contribution in [2.24, 2.45) is 5.92 Å². The summed E-state index contributed by atoms with van der Waals surface area (Å²) in [6, 6.07) is 13.9. The van der Waals surface area contributed by atoms with Gasteiger partial charge in [0.1, 0.15) is 0 Å². The summed E-state index contributed by atoms with van der Waals surface area (Å²) < 4.78 is 0. The van der Waals surface area contributed by atoms with Crippen LogP contribution in [0.25, 0.3) is 10.8 Å². The molecule has 1 aliphatic heterocycles. The van der Waals surface area contributed by atoms with E-state index in [9.17, 15) is 9.59 Å². The van der Waals surface area contributed by atoms with Gasteiger partial charge in [-0.15, -0.1) is 12.4 Å². The van der Waals surface area contributed by atoms with Crippen molar-refractivity contribution < 1.29 is 9.59 Å². The number of fused-ring (bicyclic) bond motifs is 1. The standard InChI is InChI=1S/C18H21N3O2.ClH/c22-17(21-12-18(23)20-11-13-9-19-10-13)8-15-6-3-5-14-4-1-2-7-16(14)15;/h1-7,13,19H,8-12H2,(H,20,23)(H,21,22);1H. The highest BCUT2D eigenvalue weighted by Crippen LogP contribution is 2.18. The van der Waals surface area contributed by atoms with E-state index in [2.05, 4.69) is 16.0 Å². The normalized spacial score (nSPS) is 13.7. The zero-order chi connectivity index (χ0) is 16.1. The molecule has 128 valence electrons. The number of carbonyl (C=O) groups excluding carboxylic acids is 2. The summed E-state index contributed by atoms with van der Waals surface area (Å²) in [5.74, 6) is 0.246. The monoisotopic (exact) mass is 347 g/mol. The molecule has 3 rings (SSSR count). The van der Waals surface area contributed by atoms with E-state index in [0.717, 1.165) is 29.4 Å². The molecular weight excluding hydrogens is 326 g/mol. The van der Waals surface area contributed by atoms with E-state index in [0.29, 0.717) is 12.5 Å². The van der Waals surface area contributed by atoms with Crippen molar-refractivity contribution in [2.45, 2.75) is 6.42 Å². The van der Waals surface area contributed by atoms with Crippen LogP contribution < -0.4 is 16.0 Å². The first-order valence-corrected chi connectivity index (χ1v) is 7.93. The number of carbonyl (C=O) groups is 2. The molecule has 3 N–H and O–H groups in total. The lowest BCUT2D eigenvalue weighted by atomic mass is 10.0. The molecule has 1 aliphatic rings. The molecule has 0 saturated carbocycles. The van der Waals surface area contributed by atoms with Crippen LogP contribution in [0.1, 0.15) is 5.56 Å². The Morgan fingerprint density at radius 3 is 2.50 bits per heavy atom. The second-order valence-electron chi connectivity index (χ2n) is 5.92. The van der Waals surface area contributed by atoms with Gasteiger partial charge in [-0.3, -0.25) is 9.59 Å². The maximum absolute atomic E-state index is 12.1. The minimum atomic E-state index is -0.137. The fraction of sp³-hybridized carbons (Fsp3) is 0.333. The summed E-state index contributed by atoms with van der Waals surface area (Å²) in [7, 11) is 0. The van der Waals surface area contributed by atoms with Crippen LogP contribution in [0.4, 0.5) is 0 Å². The highest BCUT2D eigenvalue weighted by molar-refractivity contribution is 5.91. The van der Waals surface area contributed by atoms with Crippen LogP contribution in [0.3, 0.4) is 0 Å². The molecule has 6 heteroatoms. The minimum Gasteiger partial charge on any atom is -0.354 e. The van der Waals surface area contributed by atoms with Gasteiger partial charge in [-0.1, -0.05) is 42.5 Å². The van der Waals surface area contributed by atoms with E-state index >= 15 is 0 Å². The summed E-state index contributed by atoms with van der Waals surface area (Å²) in [5, 5.41) is 10.9. The van der Waals surface area contributed by atoms with Crippen molar-refractivity contribution in [1.82, 2.24) is 16.0 Å². The Labute approximate surface area is 147 Å². The summed E-state index contributed by atoms with van der Waals surface area (Å²) >= 11 is 0. The smallest absolute Gasteiger partial charge is 0.239 e. The second-order valence-corrected chi connectivity index (χ2v) is 5.92. The topological polar surface area (TPSA) is 70.2 Å². The summed E-state index contributed by atoms with van der Waals surface area (Å²) in [4.78, 5) is 23.8. The van der Waals surface area contributed by atoms with Crippen LogP contribution in [-0.4, -0.2) is 38.0 Å². The van der Waals surface area contributed by atoms with Crippen LogP contribution >= 0.6 is 12.4 Å². The van der Waals surface area contributed by atoms with Gasteiger partial charge in [0.25, 0.3) is 0 Å². The predicted octanol–water partition coefficient (Wildman–Crippen LogP) is 1.26. The highest BCUT2D eigenvalue weighted by Gasteiger charge is 2.17. The van der Waals surface area contributed by atoms with Crippen LogP contribution in [-0.2, 0) is 16.0 Å². The van der Waals surface area contributed by atoms with Crippen LogP contribution in [0.2, 0.25) is 0 Å². The number of hydrogen-bond acceptors (Lipinski definition) is 3. The minimum absolute atomic E-state index is 0. The number of nitrogens with one attached hydrogen (secondary N) is 3. The second kappa shape index (κ2) is 8.66. The van der Waals surface area contributed by atoms with Gasteiger partial charge in [0.15, 0.2) is 0 Å². The number of benzene rings is 2. The van der Waals surface area contributed by atoms with Gasteiger partial charge in [-0.25, -0.2) is 0 Å². The molecule has 0 aromatic heterocycles. The molecule has 0 radical (unpaired) electrons. The SMILES string of the molecule is Cl.O=C(CNC(=O)Cc1cccc2ccccc12)NCC1CNC1. The van der Waals surface area contributed by atoms with Gasteiger partial charge >= 0.3 is 0 Å². The fourth-order valence-corrected chi connectivity index (χ4v) is 2.67. The largest absolute Gasteiger partial charge is 0.354 e. The van der Waals surface area contributed by atoms with E-state index in [-0.39, 0.29) is 37.2 Å². The Balaban J connectivity index is 0.00000208. The molecule has 2 aromatic rings. The summed E-state index contributed by atoms with van der Waals surface area (Å²) in [6.07, 6.45) is 0.279. The Kier molecular flexibility index (Phi) is 6.58. The highest BCUT2D eigenvalue weighted by atomic mass is 35.5. The Hall–Kier alpha value is -2.11. The first kappa shape index (κ1) is 18.2. The molecule has 1 saturated heterocycles. The van der Waals surface area contributed by atoms with Crippen molar-refractivity contribution in [2.75, 3.05) is 26.2 Å². The van der Waals surface area contributed by atoms with Gasteiger partial charge in [-0.2, -0.15) is 0 Å². The first-order chi connectivity index (χ1) is 11.2. The third-order valence-electron chi connectivity index (χ3n) is 4.13. The molecule has 0 spiro atoms. The molecule has 1 fully saturated rings. The zero-order valence-electron chi connectivity index (χ0n) is 13.4. The number of amides is 2. The zero-order valence-corrected chi connectivity index (χ0v) is 14.2. The van der Waals surface area contributed by atoms with Crippen LogP contribution in [0.5, 0.6) is 0 Å². The molecule has 2 aromatic carbocycles. The molecule has 24 heavy (non-hydrogen) atoms. The maximum atomic E-state index is 12.1.